The van der Waals surface area contributed by atoms with E-state index in [1.165, 1.54) is 21.6 Å². The van der Waals surface area contributed by atoms with Gasteiger partial charge in [0.05, 0.1) is 4.91 Å². The minimum Gasteiger partial charge on any atom is -0.480 e. The molecule has 0 aromatic carbocycles. The second kappa shape index (κ2) is 8.99. The molecular formula is C18H20N2O4S3. The van der Waals surface area contributed by atoms with Gasteiger partial charge < -0.3 is 10.0 Å². The van der Waals surface area contributed by atoms with Crippen molar-refractivity contribution in [3.8, 4) is 0 Å². The number of carbonyl (C=O) groups excluding carboxylic acids is 2. The number of hydrogen-bond donors (Lipinski definition) is 1. The average molecular weight is 425 g/mol. The number of hydrogen-bond acceptors (Lipinski definition) is 6. The summed E-state index contributed by atoms with van der Waals surface area (Å²) >= 11 is 8.13. The number of thiophene rings is 1. The van der Waals surface area contributed by atoms with Crippen molar-refractivity contribution in [3.05, 3.63) is 27.3 Å². The summed E-state index contributed by atoms with van der Waals surface area (Å²) in [5.41, 5.74) is 0. The Bertz CT molecular complexity index is 776. The van der Waals surface area contributed by atoms with Crippen LogP contribution in [0.3, 0.4) is 0 Å². The van der Waals surface area contributed by atoms with Crippen molar-refractivity contribution >= 4 is 63.5 Å². The molecule has 1 atom stereocenters. The number of rotatable bonds is 6. The van der Waals surface area contributed by atoms with Gasteiger partial charge in [-0.25, -0.2) is 4.79 Å². The van der Waals surface area contributed by atoms with Gasteiger partial charge in [-0.2, -0.15) is 0 Å². The van der Waals surface area contributed by atoms with Gasteiger partial charge in [-0.15, -0.1) is 11.3 Å². The molecule has 3 heterocycles. The molecule has 0 saturated carbocycles. The van der Waals surface area contributed by atoms with Gasteiger partial charge in [-0.05, 0) is 43.2 Å². The van der Waals surface area contributed by atoms with Crippen molar-refractivity contribution in [1.29, 1.82) is 0 Å². The lowest BCUT2D eigenvalue weighted by atomic mass is 10.0. The summed E-state index contributed by atoms with van der Waals surface area (Å²) in [6.07, 6.45) is 4.67. The maximum atomic E-state index is 12.5. The molecule has 1 aromatic heterocycles. The lowest BCUT2D eigenvalue weighted by molar-refractivity contribution is -0.152. The Morgan fingerprint density at radius 3 is 2.89 bits per heavy atom. The number of amides is 2. The van der Waals surface area contributed by atoms with Gasteiger partial charge in [0, 0.05) is 24.4 Å². The van der Waals surface area contributed by atoms with Crippen LogP contribution >= 0.6 is 35.3 Å². The zero-order valence-electron chi connectivity index (χ0n) is 14.6. The van der Waals surface area contributed by atoms with Crippen LogP contribution in [0.1, 0.15) is 37.0 Å². The first-order valence-electron chi connectivity index (χ1n) is 8.78. The van der Waals surface area contributed by atoms with E-state index in [4.69, 9.17) is 12.2 Å². The smallest absolute Gasteiger partial charge is 0.326 e. The van der Waals surface area contributed by atoms with E-state index < -0.39 is 12.0 Å². The predicted molar refractivity (Wildman–Crippen MR) is 110 cm³/mol. The summed E-state index contributed by atoms with van der Waals surface area (Å²) in [4.78, 5) is 40.9. The second-order valence-corrected chi connectivity index (χ2v) is 9.04. The van der Waals surface area contributed by atoms with E-state index in [0.29, 0.717) is 35.2 Å². The average Bonchev–Trinajstić information content (AvgIpc) is 3.25. The van der Waals surface area contributed by atoms with Crippen molar-refractivity contribution in [3.63, 3.8) is 0 Å². The highest BCUT2D eigenvalue weighted by atomic mass is 32.2. The molecular weight excluding hydrogens is 404 g/mol. The Morgan fingerprint density at radius 2 is 2.19 bits per heavy atom. The number of carbonyl (C=O) groups is 3. The monoisotopic (exact) mass is 424 g/mol. The second-order valence-electron chi connectivity index (χ2n) is 6.39. The van der Waals surface area contributed by atoms with E-state index in [1.54, 1.807) is 11.3 Å². The molecule has 2 aliphatic heterocycles. The van der Waals surface area contributed by atoms with Gasteiger partial charge in [-0.1, -0.05) is 30.0 Å². The Morgan fingerprint density at radius 1 is 1.37 bits per heavy atom. The van der Waals surface area contributed by atoms with Crippen LogP contribution in [0.15, 0.2) is 22.4 Å². The fraction of sp³-hybridized carbons (Fsp3) is 0.444. The fourth-order valence-electron chi connectivity index (χ4n) is 3.21. The summed E-state index contributed by atoms with van der Waals surface area (Å²) in [6.45, 7) is 0.851. The highest BCUT2D eigenvalue weighted by molar-refractivity contribution is 8.26. The Hall–Kier alpha value is -1.71. The van der Waals surface area contributed by atoms with E-state index in [0.717, 1.165) is 17.7 Å². The number of aliphatic carboxylic acids is 1. The Labute approximate surface area is 171 Å². The number of carboxylic acid groups (broad SMARTS) is 1. The third-order valence-electron chi connectivity index (χ3n) is 4.57. The number of thioether (sulfide) groups is 1. The fourth-order valence-corrected chi connectivity index (χ4v) is 5.25. The van der Waals surface area contributed by atoms with Gasteiger partial charge in [0.25, 0.3) is 5.91 Å². The Balaban J connectivity index is 1.54. The van der Waals surface area contributed by atoms with Gasteiger partial charge >= 0.3 is 5.97 Å². The van der Waals surface area contributed by atoms with Gasteiger partial charge in [0.1, 0.15) is 10.4 Å². The lowest BCUT2D eigenvalue weighted by Gasteiger charge is -2.33. The summed E-state index contributed by atoms with van der Waals surface area (Å²) < 4.78 is 0.497. The largest absolute Gasteiger partial charge is 0.480 e. The van der Waals surface area contributed by atoms with Crippen LogP contribution in [-0.2, 0) is 14.4 Å². The van der Waals surface area contributed by atoms with Gasteiger partial charge in [0.15, 0.2) is 0 Å². The maximum absolute atomic E-state index is 12.5. The minimum atomic E-state index is -0.946. The van der Waals surface area contributed by atoms with Gasteiger partial charge in [0.2, 0.25) is 5.91 Å². The third kappa shape index (κ3) is 4.77. The van der Waals surface area contributed by atoms with Crippen molar-refractivity contribution in [2.75, 3.05) is 13.1 Å². The molecule has 1 aromatic rings. The molecule has 1 N–H and O–H groups in total. The van der Waals surface area contributed by atoms with Crippen LogP contribution < -0.4 is 0 Å². The zero-order chi connectivity index (χ0) is 19.4. The number of likely N-dealkylation sites (tertiary alicyclic amines) is 1. The normalized spacial score (nSPS) is 21.9. The van der Waals surface area contributed by atoms with Crippen molar-refractivity contribution in [1.82, 2.24) is 9.80 Å². The molecule has 0 spiro atoms. The highest BCUT2D eigenvalue weighted by Gasteiger charge is 2.33. The molecule has 9 heteroatoms. The summed E-state index contributed by atoms with van der Waals surface area (Å²) in [5.74, 6) is -1.24. The number of nitrogens with zero attached hydrogens (tertiary/aromatic N) is 2. The molecule has 2 saturated heterocycles. The minimum absolute atomic E-state index is 0.132. The van der Waals surface area contributed by atoms with Crippen LogP contribution in [0, 0.1) is 0 Å². The summed E-state index contributed by atoms with van der Waals surface area (Å²) in [5, 5.41) is 11.2. The molecule has 2 aliphatic rings. The van der Waals surface area contributed by atoms with Gasteiger partial charge in [-0.3, -0.25) is 14.5 Å². The molecule has 0 bridgehead atoms. The Kier molecular flexibility index (Phi) is 6.67. The number of piperidine rings is 1. The topological polar surface area (TPSA) is 77.9 Å². The number of thiocarbonyl (C=S) groups is 1. The maximum Gasteiger partial charge on any atom is 0.326 e. The van der Waals surface area contributed by atoms with E-state index in [2.05, 4.69) is 0 Å². The molecule has 0 radical (unpaired) electrons. The van der Waals surface area contributed by atoms with E-state index in [9.17, 15) is 19.5 Å². The van der Waals surface area contributed by atoms with Crippen molar-refractivity contribution in [2.45, 2.75) is 38.1 Å². The highest BCUT2D eigenvalue weighted by Crippen LogP contribution is 2.33. The van der Waals surface area contributed by atoms with Crippen LogP contribution in [-0.4, -0.2) is 56.1 Å². The zero-order valence-corrected chi connectivity index (χ0v) is 17.1. The van der Waals surface area contributed by atoms with E-state index in [1.807, 2.05) is 23.6 Å². The van der Waals surface area contributed by atoms with Crippen molar-refractivity contribution in [2.24, 2.45) is 0 Å². The molecule has 144 valence electrons. The van der Waals surface area contributed by atoms with Crippen LogP contribution in [0.4, 0.5) is 0 Å². The first kappa shape index (κ1) is 20.0. The van der Waals surface area contributed by atoms with Crippen LogP contribution in [0.25, 0.3) is 6.08 Å². The first-order chi connectivity index (χ1) is 13.0. The van der Waals surface area contributed by atoms with Crippen LogP contribution in [0.2, 0.25) is 0 Å². The predicted octanol–water partition coefficient (Wildman–Crippen LogP) is 3.20. The van der Waals surface area contributed by atoms with E-state index in [-0.39, 0.29) is 18.2 Å². The van der Waals surface area contributed by atoms with E-state index >= 15 is 0 Å². The molecule has 0 unspecified atom stereocenters. The standard InChI is InChI=1S/C18H20N2O4S3/c21-15(19-8-2-1-6-13(19)17(23)24)7-3-9-20-16(22)14(27-18(20)25)11-12-5-4-10-26-12/h4-5,10-11,13H,1-3,6-9H2,(H,23,24)/b14-11-/t13-/m0/s1. The quantitative estimate of drug-likeness (QED) is 0.558. The number of carboxylic acids is 1. The molecule has 6 nitrogen and oxygen atoms in total. The molecule has 0 aliphatic carbocycles. The lowest BCUT2D eigenvalue weighted by Crippen LogP contribution is -2.48. The van der Waals surface area contributed by atoms with Crippen LogP contribution in [0.5, 0.6) is 0 Å². The molecule has 27 heavy (non-hydrogen) atoms. The SMILES string of the molecule is O=C(O)[C@@H]1CCCCN1C(=O)CCCN1C(=O)/C(=C/c2cccs2)SC1=S. The summed E-state index contributed by atoms with van der Waals surface area (Å²) in [7, 11) is 0. The molecule has 2 fully saturated rings. The van der Waals surface area contributed by atoms with Crippen molar-refractivity contribution < 1.29 is 19.5 Å². The molecule has 3 rings (SSSR count). The first-order valence-corrected chi connectivity index (χ1v) is 10.9. The summed E-state index contributed by atoms with van der Waals surface area (Å²) in [6, 6.07) is 3.14. The molecule has 2 amide bonds. The third-order valence-corrected chi connectivity index (χ3v) is 6.77.